The zero-order valence-corrected chi connectivity index (χ0v) is 23.9. The van der Waals surface area contributed by atoms with E-state index < -0.39 is 39.1 Å². The molecule has 41 heavy (non-hydrogen) atoms. The van der Waals surface area contributed by atoms with Gasteiger partial charge in [-0.1, -0.05) is 18.5 Å². The normalized spacial score (nSPS) is 21.9. The maximum Gasteiger partial charge on any atom is 0.573 e. The summed E-state index contributed by atoms with van der Waals surface area (Å²) in [6.45, 7) is 3.06. The van der Waals surface area contributed by atoms with Crippen molar-refractivity contribution < 1.29 is 40.2 Å². The molecule has 2 atom stereocenters. The molecule has 13 heteroatoms. The summed E-state index contributed by atoms with van der Waals surface area (Å²) in [5.41, 5.74) is 1.34. The summed E-state index contributed by atoms with van der Waals surface area (Å²) in [5, 5.41) is -0.535. The average molecular weight is 619 g/mol. The number of alkyl halides is 3. The molecule has 0 aromatic heterocycles. The lowest BCUT2D eigenvalue weighted by Crippen LogP contribution is -2.45. The highest BCUT2D eigenvalue weighted by Crippen LogP contribution is 2.43. The van der Waals surface area contributed by atoms with Crippen molar-refractivity contribution in [3.8, 4) is 11.5 Å². The van der Waals surface area contributed by atoms with E-state index in [1.165, 1.54) is 18.2 Å². The summed E-state index contributed by atoms with van der Waals surface area (Å²) in [6.07, 6.45) is -0.381. The first-order valence-electron chi connectivity index (χ1n) is 13.7. The van der Waals surface area contributed by atoms with Gasteiger partial charge in [0.25, 0.3) is 5.91 Å². The van der Waals surface area contributed by atoms with E-state index in [1.807, 2.05) is 11.6 Å². The van der Waals surface area contributed by atoms with Gasteiger partial charge in [0.1, 0.15) is 23.4 Å². The minimum atomic E-state index is -4.85. The lowest BCUT2D eigenvalue weighted by atomic mass is 9.94. The molecule has 0 bridgehead atoms. The predicted octanol–water partition coefficient (Wildman–Crippen LogP) is 6.30. The summed E-state index contributed by atoms with van der Waals surface area (Å²) in [6, 6.07) is 6.56. The summed E-state index contributed by atoms with van der Waals surface area (Å²) in [4.78, 5) is 14.9. The van der Waals surface area contributed by atoms with Crippen LogP contribution in [-0.4, -0.2) is 49.5 Å². The van der Waals surface area contributed by atoms with Gasteiger partial charge in [-0.3, -0.25) is 9.69 Å². The Balaban J connectivity index is 1.27. The van der Waals surface area contributed by atoms with Crippen molar-refractivity contribution in [1.82, 2.24) is 9.62 Å². The molecule has 1 N–H and O–H groups in total. The smallest absolute Gasteiger partial charge is 0.490 e. The molecule has 1 aliphatic heterocycles. The molecule has 2 aliphatic carbocycles. The van der Waals surface area contributed by atoms with Crippen LogP contribution in [-0.2, 0) is 16.6 Å². The molecule has 1 saturated heterocycles. The fourth-order valence-corrected chi connectivity index (χ4v) is 6.88. The van der Waals surface area contributed by atoms with Crippen LogP contribution in [0.4, 0.5) is 17.6 Å². The van der Waals surface area contributed by atoms with Crippen LogP contribution in [0.25, 0.3) is 0 Å². The first-order valence-corrected chi connectivity index (χ1v) is 15.6. The van der Waals surface area contributed by atoms with Crippen molar-refractivity contribution in [3.05, 3.63) is 57.9 Å². The molecule has 0 spiro atoms. The second-order valence-electron chi connectivity index (χ2n) is 10.9. The number of nitrogens with one attached hydrogen (secondary N) is 1. The third kappa shape index (κ3) is 7.64. The van der Waals surface area contributed by atoms with Gasteiger partial charge in [-0.05, 0) is 86.3 Å². The van der Waals surface area contributed by atoms with Gasteiger partial charge in [0.2, 0.25) is 10.0 Å². The van der Waals surface area contributed by atoms with Crippen LogP contribution < -0.4 is 14.2 Å². The molecule has 0 radical (unpaired) electrons. The lowest BCUT2D eigenvalue weighted by molar-refractivity contribution is -0.274. The van der Waals surface area contributed by atoms with E-state index >= 15 is 4.39 Å². The second kappa shape index (κ2) is 11.6. The van der Waals surface area contributed by atoms with Gasteiger partial charge in [-0.2, -0.15) is 0 Å². The van der Waals surface area contributed by atoms with Crippen molar-refractivity contribution in [2.24, 2.45) is 0 Å². The number of carbonyl (C=O) groups excluding carboxylic acids is 1. The Bertz CT molecular complexity index is 1410. The summed E-state index contributed by atoms with van der Waals surface area (Å²) >= 11 is 5.98. The predicted molar refractivity (Wildman–Crippen MR) is 144 cm³/mol. The minimum absolute atomic E-state index is 0.0561. The fraction of sp³-hybridized carbons (Fsp3) is 0.536. The second-order valence-corrected chi connectivity index (χ2v) is 13.3. The van der Waals surface area contributed by atoms with Crippen LogP contribution >= 0.6 is 11.6 Å². The standard InChI is InChI=1S/C28H31ClF4N2O5S/c1-2-19-12-20(39-21-10-18(29)11-22(13-21)40-28(31,32)33)7-8-35(19)15-17-9-26(30)25(14-24(17)16-3-4-16)27(36)34-41(37,38)23-5-6-23/h9-11,13-14,16,19-20,23H,2-8,12,15H2,1H3,(H,34,36)/t19-,20-/m0/s1. The zero-order chi connectivity index (χ0) is 29.5. The summed E-state index contributed by atoms with van der Waals surface area (Å²) in [5.74, 6) is -1.80. The molecule has 0 unspecified atom stereocenters. The minimum Gasteiger partial charge on any atom is -0.490 e. The number of halogens is 5. The molecule has 3 aliphatic rings. The third-order valence-corrected chi connectivity index (χ3v) is 9.74. The Morgan fingerprint density at radius 3 is 2.41 bits per heavy atom. The number of ether oxygens (including phenoxy) is 2. The molecule has 2 saturated carbocycles. The number of amides is 1. The van der Waals surface area contributed by atoms with Crippen molar-refractivity contribution in [2.45, 2.75) is 88.1 Å². The maximum atomic E-state index is 15.2. The van der Waals surface area contributed by atoms with Crippen LogP contribution in [0.15, 0.2) is 30.3 Å². The SMILES string of the molecule is CC[C@H]1C[C@@H](Oc2cc(Cl)cc(OC(F)(F)F)c2)CCN1Cc1cc(F)c(C(=O)NS(=O)(=O)C2CC2)cc1C1CC1. The molecule has 1 amide bonds. The summed E-state index contributed by atoms with van der Waals surface area (Å²) in [7, 11) is -3.80. The van der Waals surface area contributed by atoms with E-state index in [0.717, 1.165) is 42.5 Å². The monoisotopic (exact) mass is 618 g/mol. The van der Waals surface area contributed by atoms with E-state index in [-0.39, 0.29) is 34.4 Å². The van der Waals surface area contributed by atoms with Gasteiger partial charge in [0.15, 0.2) is 0 Å². The Labute approximate surface area is 241 Å². The van der Waals surface area contributed by atoms with Crippen LogP contribution in [0, 0.1) is 5.82 Å². The Morgan fingerprint density at radius 2 is 1.78 bits per heavy atom. The van der Waals surface area contributed by atoms with Gasteiger partial charge in [-0.25, -0.2) is 17.5 Å². The molecule has 2 aromatic rings. The number of likely N-dealkylation sites (tertiary alicyclic amines) is 1. The quantitative estimate of drug-likeness (QED) is 0.315. The van der Waals surface area contributed by atoms with E-state index in [9.17, 15) is 26.4 Å². The Kier molecular flexibility index (Phi) is 8.46. The highest BCUT2D eigenvalue weighted by atomic mass is 35.5. The third-order valence-electron chi connectivity index (χ3n) is 7.70. The molecule has 2 aromatic carbocycles. The van der Waals surface area contributed by atoms with E-state index in [4.69, 9.17) is 16.3 Å². The van der Waals surface area contributed by atoms with E-state index in [0.29, 0.717) is 38.8 Å². The first kappa shape index (κ1) is 29.9. The summed E-state index contributed by atoms with van der Waals surface area (Å²) < 4.78 is 89.6. The average Bonchev–Trinajstić information content (AvgIpc) is 3.76. The van der Waals surface area contributed by atoms with Gasteiger partial charge in [-0.15, -0.1) is 13.2 Å². The zero-order valence-electron chi connectivity index (χ0n) is 22.3. The van der Waals surface area contributed by atoms with Gasteiger partial charge < -0.3 is 9.47 Å². The number of nitrogens with zero attached hydrogens (tertiary/aromatic N) is 1. The van der Waals surface area contributed by atoms with E-state index in [2.05, 4.69) is 9.64 Å². The molecule has 5 rings (SSSR count). The molecule has 7 nitrogen and oxygen atoms in total. The van der Waals surface area contributed by atoms with Crippen molar-refractivity contribution >= 4 is 27.5 Å². The number of hydrogen-bond acceptors (Lipinski definition) is 6. The number of hydrogen-bond donors (Lipinski definition) is 1. The molecule has 224 valence electrons. The van der Waals surface area contributed by atoms with Gasteiger partial charge >= 0.3 is 6.36 Å². The fourth-order valence-electron chi connectivity index (χ4n) is 5.37. The highest BCUT2D eigenvalue weighted by molar-refractivity contribution is 7.91. The molecule has 3 fully saturated rings. The Morgan fingerprint density at radius 1 is 1.07 bits per heavy atom. The number of sulfonamides is 1. The number of rotatable bonds is 10. The molecule has 1 heterocycles. The maximum absolute atomic E-state index is 15.2. The van der Waals surface area contributed by atoms with Crippen molar-refractivity contribution in [3.63, 3.8) is 0 Å². The van der Waals surface area contributed by atoms with Crippen molar-refractivity contribution in [2.75, 3.05) is 6.54 Å². The van der Waals surface area contributed by atoms with Crippen molar-refractivity contribution in [1.29, 1.82) is 0 Å². The number of benzene rings is 2. The van der Waals surface area contributed by atoms with Gasteiger partial charge in [0.05, 0.1) is 10.8 Å². The number of carbonyl (C=O) groups is 1. The van der Waals surface area contributed by atoms with Crippen LogP contribution in [0.2, 0.25) is 5.02 Å². The van der Waals surface area contributed by atoms with Crippen LogP contribution in [0.5, 0.6) is 11.5 Å². The topological polar surface area (TPSA) is 84.9 Å². The molecular formula is C28H31ClF4N2O5S. The van der Waals surface area contributed by atoms with Crippen LogP contribution in [0.1, 0.15) is 79.3 Å². The largest absolute Gasteiger partial charge is 0.573 e. The Hall–Kier alpha value is -2.57. The van der Waals surface area contributed by atoms with E-state index in [1.54, 1.807) is 0 Å². The molecular weight excluding hydrogens is 588 g/mol. The number of piperidine rings is 1. The van der Waals surface area contributed by atoms with Crippen LogP contribution in [0.3, 0.4) is 0 Å². The first-order chi connectivity index (χ1) is 19.3. The lowest BCUT2D eigenvalue weighted by Gasteiger charge is -2.39. The highest BCUT2D eigenvalue weighted by Gasteiger charge is 2.38. The van der Waals surface area contributed by atoms with Gasteiger partial charge in [0, 0.05) is 30.2 Å².